The molecule has 0 radical (unpaired) electrons. The van der Waals surface area contributed by atoms with Crippen LogP contribution >= 0.6 is 34.5 Å². The summed E-state index contributed by atoms with van der Waals surface area (Å²) in [5, 5.41) is 5.58. The van der Waals surface area contributed by atoms with Gasteiger partial charge in [-0.05, 0) is 54.3 Å². The van der Waals surface area contributed by atoms with Gasteiger partial charge in [-0.2, -0.15) is 0 Å². The number of ether oxygens (including phenoxy) is 1. The molecule has 25 heavy (non-hydrogen) atoms. The summed E-state index contributed by atoms with van der Waals surface area (Å²) in [4.78, 5) is 12.9. The molecule has 1 heterocycles. The second-order valence-electron chi connectivity index (χ2n) is 5.51. The molecule has 128 valence electrons. The Labute approximate surface area is 160 Å². The Morgan fingerprint density at radius 2 is 1.96 bits per heavy atom. The van der Waals surface area contributed by atoms with E-state index in [1.807, 2.05) is 42.6 Å². The molecule has 0 aliphatic heterocycles. The molecule has 3 rings (SSSR count). The third kappa shape index (κ3) is 4.75. The summed E-state index contributed by atoms with van der Waals surface area (Å²) >= 11 is 13.2. The van der Waals surface area contributed by atoms with Crippen molar-refractivity contribution in [2.24, 2.45) is 0 Å². The average molecular weight is 392 g/mol. The van der Waals surface area contributed by atoms with Gasteiger partial charge < -0.3 is 10.1 Å². The highest BCUT2D eigenvalue weighted by Gasteiger charge is 2.11. The molecule has 6 heteroatoms. The maximum Gasteiger partial charge on any atom is 0.265 e. The Hall–Kier alpha value is -2.01. The monoisotopic (exact) mass is 391 g/mol. The lowest BCUT2D eigenvalue weighted by atomic mass is 10.2. The minimum atomic E-state index is -0.190. The van der Waals surface area contributed by atoms with Crippen molar-refractivity contribution in [3.63, 3.8) is 0 Å². The van der Waals surface area contributed by atoms with Crippen molar-refractivity contribution in [1.82, 2.24) is 0 Å². The number of anilines is 1. The van der Waals surface area contributed by atoms with E-state index in [0.29, 0.717) is 27.2 Å². The Morgan fingerprint density at radius 1 is 1.12 bits per heavy atom. The molecule has 0 fully saturated rings. The van der Waals surface area contributed by atoms with Gasteiger partial charge in [0, 0.05) is 11.3 Å². The van der Waals surface area contributed by atoms with Gasteiger partial charge in [0.25, 0.3) is 5.91 Å². The SMILES string of the molecule is Cc1cccc(OCc2csc(C(=O)Nc3ccc(Cl)c(Cl)c3)c2)c1. The van der Waals surface area contributed by atoms with Gasteiger partial charge in [0.1, 0.15) is 12.4 Å². The summed E-state index contributed by atoms with van der Waals surface area (Å²) < 4.78 is 5.76. The Kier molecular flexibility index (Phi) is 5.63. The van der Waals surface area contributed by atoms with E-state index < -0.39 is 0 Å². The summed E-state index contributed by atoms with van der Waals surface area (Å²) in [7, 11) is 0. The van der Waals surface area contributed by atoms with E-state index in [4.69, 9.17) is 27.9 Å². The number of thiophene rings is 1. The number of halogens is 2. The number of hydrogen-bond donors (Lipinski definition) is 1. The zero-order valence-electron chi connectivity index (χ0n) is 13.4. The Morgan fingerprint density at radius 3 is 2.72 bits per heavy atom. The number of rotatable bonds is 5. The molecular formula is C19H15Cl2NO2S. The van der Waals surface area contributed by atoms with E-state index in [0.717, 1.165) is 16.9 Å². The van der Waals surface area contributed by atoms with Crippen LogP contribution in [0.3, 0.4) is 0 Å². The van der Waals surface area contributed by atoms with E-state index in [9.17, 15) is 4.79 Å². The van der Waals surface area contributed by atoms with Crippen molar-refractivity contribution in [3.05, 3.63) is 80.0 Å². The molecule has 0 spiro atoms. The first-order valence-corrected chi connectivity index (χ1v) is 9.18. The number of carbonyl (C=O) groups is 1. The van der Waals surface area contributed by atoms with Crippen molar-refractivity contribution in [2.45, 2.75) is 13.5 Å². The third-order valence-electron chi connectivity index (χ3n) is 3.45. The lowest BCUT2D eigenvalue weighted by Crippen LogP contribution is -2.10. The Bertz CT molecular complexity index is 908. The molecular weight excluding hydrogens is 377 g/mol. The summed E-state index contributed by atoms with van der Waals surface area (Å²) in [5.41, 5.74) is 2.70. The van der Waals surface area contributed by atoms with Crippen LogP contribution in [0.5, 0.6) is 5.75 Å². The van der Waals surface area contributed by atoms with Gasteiger partial charge in [0.2, 0.25) is 0 Å². The minimum Gasteiger partial charge on any atom is -0.489 e. The standard InChI is InChI=1S/C19H15Cl2NO2S/c1-12-3-2-4-15(7-12)24-10-13-8-18(25-11-13)19(23)22-14-5-6-16(20)17(21)9-14/h2-9,11H,10H2,1H3,(H,22,23). The quantitative estimate of drug-likeness (QED) is 0.562. The van der Waals surface area contributed by atoms with Crippen LogP contribution in [0, 0.1) is 6.92 Å². The molecule has 1 aromatic heterocycles. The van der Waals surface area contributed by atoms with E-state index >= 15 is 0 Å². The van der Waals surface area contributed by atoms with Crippen molar-refractivity contribution in [3.8, 4) is 5.75 Å². The smallest absolute Gasteiger partial charge is 0.265 e. The fourth-order valence-corrected chi connectivity index (χ4v) is 3.30. The number of nitrogens with one attached hydrogen (secondary N) is 1. The molecule has 3 nitrogen and oxygen atoms in total. The third-order valence-corrected chi connectivity index (χ3v) is 5.17. The average Bonchev–Trinajstić information content (AvgIpc) is 3.06. The normalized spacial score (nSPS) is 10.5. The summed E-state index contributed by atoms with van der Waals surface area (Å²) in [6.07, 6.45) is 0. The maximum absolute atomic E-state index is 12.3. The number of carbonyl (C=O) groups excluding carboxylic acids is 1. The molecule has 0 aliphatic rings. The topological polar surface area (TPSA) is 38.3 Å². The van der Waals surface area contributed by atoms with E-state index in [-0.39, 0.29) is 5.91 Å². The second kappa shape index (κ2) is 7.91. The molecule has 1 amide bonds. The van der Waals surface area contributed by atoms with Gasteiger partial charge in [0.15, 0.2) is 0 Å². The number of benzene rings is 2. The van der Waals surface area contributed by atoms with Gasteiger partial charge in [-0.1, -0.05) is 35.3 Å². The number of aryl methyl sites for hydroxylation is 1. The summed E-state index contributed by atoms with van der Waals surface area (Å²) in [6.45, 7) is 2.43. The highest BCUT2D eigenvalue weighted by Crippen LogP contribution is 2.26. The molecule has 2 aromatic carbocycles. The number of amides is 1. The first-order chi connectivity index (χ1) is 12.0. The molecule has 0 saturated heterocycles. The predicted molar refractivity (Wildman–Crippen MR) is 104 cm³/mol. The van der Waals surface area contributed by atoms with Crippen LogP contribution in [0.2, 0.25) is 10.0 Å². The predicted octanol–water partition coefficient (Wildman–Crippen LogP) is 6.19. The molecule has 0 aliphatic carbocycles. The first-order valence-electron chi connectivity index (χ1n) is 7.54. The van der Waals surface area contributed by atoms with Crippen molar-refractivity contribution < 1.29 is 9.53 Å². The van der Waals surface area contributed by atoms with Crippen LogP contribution in [0.1, 0.15) is 20.8 Å². The van der Waals surface area contributed by atoms with Gasteiger partial charge in [-0.3, -0.25) is 4.79 Å². The lowest BCUT2D eigenvalue weighted by molar-refractivity contribution is 0.103. The zero-order valence-corrected chi connectivity index (χ0v) is 15.7. The highest BCUT2D eigenvalue weighted by atomic mass is 35.5. The molecule has 0 saturated carbocycles. The van der Waals surface area contributed by atoms with Crippen molar-refractivity contribution in [2.75, 3.05) is 5.32 Å². The fraction of sp³-hybridized carbons (Fsp3) is 0.105. The molecule has 0 unspecified atom stereocenters. The van der Waals surface area contributed by atoms with E-state index in [1.54, 1.807) is 18.2 Å². The zero-order chi connectivity index (χ0) is 17.8. The largest absolute Gasteiger partial charge is 0.489 e. The van der Waals surface area contributed by atoms with Crippen LogP contribution in [0.15, 0.2) is 53.9 Å². The minimum absolute atomic E-state index is 0.190. The van der Waals surface area contributed by atoms with Gasteiger partial charge in [-0.25, -0.2) is 0 Å². The highest BCUT2D eigenvalue weighted by molar-refractivity contribution is 7.12. The van der Waals surface area contributed by atoms with Crippen molar-refractivity contribution in [1.29, 1.82) is 0 Å². The fourth-order valence-electron chi connectivity index (χ4n) is 2.21. The van der Waals surface area contributed by atoms with E-state index in [1.165, 1.54) is 11.3 Å². The molecule has 0 bridgehead atoms. The number of hydrogen-bond acceptors (Lipinski definition) is 3. The summed E-state index contributed by atoms with van der Waals surface area (Å²) in [5.74, 6) is 0.623. The maximum atomic E-state index is 12.3. The van der Waals surface area contributed by atoms with Crippen LogP contribution in [-0.4, -0.2) is 5.91 Å². The summed E-state index contributed by atoms with van der Waals surface area (Å²) in [6, 6.07) is 14.7. The van der Waals surface area contributed by atoms with Crippen LogP contribution in [0.25, 0.3) is 0 Å². The van der Waals surface area contributed by atoms with Gasteiger partial charge in [-0.15, -0.1) is 11.3 Å². The van der Waals surface area contributed by atoms with Crippen LogP contribution in [-0.2, 0) is 6.61 Å². The van der Waals surface area contributed by atoms with Gasteiger partial charge in [0.05, 0.1) is 14.9 Å². The molecule has 0 atom stereocenters. The molecule has 3 aromatic rings. The first kappa shape index (κ1) is 17.8. The van der Waals surface area contributed by atoms with Crippen LogP contribution < -0.4 is 10.1 Å². The lowest BCUT2D eigenvalue weighted by Gasteiger charge is -2.05. The van der Waals surface area contributed by atoms with Crippen molar-refractivity contribution >= 4 is 46.1 Å². The molecule has 1 N–H and O–H groups in total. The second-order valence-corrected chi connectivity index (χ2v) is 7.23. The van der Waals surface area contributed by atoms with Gasteiger partial charge >= 0.3 is 0 Å². The Balaban J connectivity index is 1.62. The van der Waals surface area contributed by atoms with E-state index in [2.05, 4.69) is 5.32 Å². The van der Waals surface area contributed by atoms with Crippen LogP contribution in [0.4, 0.5) is 5.69 Å².